The smallest absolute Gasteiger partial charge is 0.321 e. The van der Waals surface area contributed by atoms with Gasteiger partial charge in [-0.15, -0.1) is 0 Å². The first-order valence-electron chi connectivity index (χ1n) is 6.15. The van der Waals surface area contributed by atoms with Gasteiger partial charge < -0.3 is 4.74 Å². The Labute approximate surface area is 117 Å². The second-order valence-corrected chi connectivity index (χ2v) is 5.28. The van der Waals surface area contributed by atoms with Gasteiger partial charge in [-0.2, -0.15) is 0 Å². The molecule has 2 aromatic rings. The van der Waals surface area contributed by atoms with Crippen molar-refractivity contribution >= 4 is 17.6 Å². The first-order valence-corrected chi connectivity index (χ1v) is 6.53. The molecule has 0 aromatic heterocycles. The van der Waals surface area contributed by atoms with Crippen LogP contribution in [0.2, 0.25) is 5.02 Å². The highest BCUT2D eigenvalue weighted by Crippen LogP contribution is 2.50. The number of ether oxygens (including phenoxy) is 1. The van der Waals surface area contributed by atoms with Gasteiger partial charge in [0.25, 0.3) is 0 Å². The molecule has 3 heteroatoms. The summed E-state index contributed by atoms with van der Waals surface area (Å²) in [7, 11) is 0. The number of rotatable bonds is 2. The predicted octanol–water partition coefficient (Wildman–Crippen LogP) is 3.90. The van der Waals surface area contributed by atoms with Gasteiger partial charge in [-0.1, -0.05) is 60.1 Å². The van der Waals surface area contributed by atoms with Crippen LogP contribution < -0.4 is 0 Å². The van der Waals surface area contributed by atoms with Crippen LogP contribution >= 0.6 is 11.6 Å². The van der Waals surface area contributed by atoms with Gasteiger partial charge in [0.1, 0.15) is 11.5 Å². The molecule has 0 saturated carbocycles. The largest absolute Gasteiger partial charge is 0.455 e. The first-order chi connectivity index (χ1) is 9.14. The molecule has 0 spiro atoms. The lowest BCUT2D eigenvalue weighted by molar-refractivity contribution is -0.190. The van der Waals surface area contributed by atoms with Gasteiger partial charge in [0, 0.05) is 10.6 Å². The molecule has 1 aliphatic rings. The molecule has 0 aliphatic carbocycles. The van der Waals surface area contributed by atoms with Crippen LogP contribution in [0.15, 0.2) is 54.6 Å². The Bertz CT molecular complexity index is 624. The predicted molar refractivity (Wildman–Crippen MR) is 74.1 cm³/mol. The molecule has 2 aromatic carbocycles. The molecule has 1 fully saturated rings. The van der Waals surface area contributed by atoms with Gasteiger partial charge in [-0.25, -0.2) is 0 Å². The van der Waals surface area contributed by atoms with E-state index in [0.717, 1.165) is 11.1 Å². The van der Waals surface area contributed by atoms with Gasteiger partial charge in [0.2, 0.25) is 0 Å². The standard InChI is InChI=1S/C16H13ClO2/c1-16(11-7-3-2-4-8-11)14(19-15(16)18)12-9-5-6-10-13(12)17/h2-10,14H,1H3/t14-,16-/m1/s1. The third kappa shape index (κ3) is 1.75. The normalized spacial score (nSPS) is 25.6. The minimum atomic E-state index is -0.660. The number of carbonyl (C=O) groups excluding carboxylic acids is 1. The summed E-state index contributed by atoms with van der Waals surface area (Å²) in [6.07, 6.45) is -0.323. The number of halogens is 1. The molecule has 19 heavy (non-hydrogen) atoms. The quantitative estimate of drug-likeness (QED) is 0.775. The van der Waals surface area contributed by atoms with Crippen LogP contribution in [0.3, 0.4) is 0 Å². The average Bonchev–Trinajstić information content (AvgIpc) is 2.46. The Morgan fingerprint density at radius 1 is 1.05 bits per heavy atom. The lowest BCUT2D eigenvalue weighted by Gasteiger charge is -2.45. The van der Waals surface area contributed by atoms with Crippen molar-refractivity contribution in [3.63, 3.8) is 0 Å². The maximum atomic E-state index is 12.0. The summed E-state index contributed by atoms with van der Waals surface area (Å²) < 4.78 is 5.35. The van der Waals surface area contributed by atoms with Crippen molar-refractivity contribution in [2.75, 3.05) is 0 Å². The van der Waals surface area contributed by atoms with Crippen molar-refractivity contribution in [1.29, 1.82) is 0 Å². The molecule has 0 unspecified atom stereocenters. The fraction of sp³-hybridized carbons (Fsp3) is 0.188. The van der Waals surface area contributed by atoms with Crippen molar-refractivity contribution in [1.82, 2.24) is 0 Å². The van der Waals surface area contributed by atoms with E-state index in [9.17, 15) is 4.79 Å². The van der Waals surface area contributed by atoms with E-state index in [2.05, 4.69) is 0 Å². The fourth-order valence-electron chi connectivity index (χ4n) is 2.51. The molecule has 1 heterocycles. The minimum absolute atomic E-state index is 0.205. The van der Waals surface area contributed by atoms with Gasteiger partial charge in [0.05, 0.1) is 0 Å². The van der Waals surface area contributed by atoms with Crippen molar-refractivity contribution in [2.45, 2.75) is 18.4 Å². The Morgan fingerprint density at radius 2 is 1.68 bits per heavy atom. The Hall–Kier alpha value is -1.80. The van der Waals surface area contributed by atoms with E-state index < -0.39 is 5.41 Å². The van der Waals surface area contributed by atoms with E-state index in [1.54, 1.807) is 0 Å². The lowest BCUT2D eigenvalue weighted by atomic mass is 9.71. The van der Waals surface area contributed by atoms with Crippen LogP contribution in [0.25, 0.3) is 0 Å². The Kier molecular flexibility index (Phi) is 2.83. The zero-order chi connectivity index (χ0) is 13.5. The number of hydrogen-bond donors (Lipinski definition) is 0. The molecule has 0 amide bonds. The third-order valence-electron chi connectivity index (χ3n) is 3.73. The second kappa shape index (κ2) is 4.39. The van der Waals surface area contributed by atoms with E-state index in [0.29, 0.717) is 5.02 Å². The fourth-order valence-corrected chi connectivity index (χ4v) is 2.75. The second-order valence-electron chi connectivity index (χ2n) is 4.88. The first kappa shape index (κ1) is 12.2. The summed E-state index contributed by atoms with van der Waals surface area (Å²) in [4.78, 5) is 12.0. The molecular weight excluding hydrogens is 260 g/mol. The monoisotopic (exact) mass is 272 g/mol. The van der Waals surface area contributed by atoms with E-state index in [1.165, 1.54) is 0 Å². The van der Waals surface area contributed by atoms with Crippen molar-refractivity contribution < 1.29 is 9.53 Å². The van der Waals surface area contributed by atoms with Crippen molar-refractivity contribution in [3.05, 3.63) is 70.7 Å². The average molecular weight is 273 g/mol. The maximum Gasteiger partial charge on any atom is 0.321 e. The molecule has 3 rings (SSSR count). The van der Waals surface area contributed by atoms with Crippen LogP contribution in [0.1, 0.15) is 24.2 Å². The topological polar surface area (TPSA) is 26.3 Å². The summed E-state index contributed by atoms with van der Waals surface area (Å²) >= 11 is 6.20. The van der Waals surface area contributed by atoms with E-state index in [-0.39, 0.29) is 12.1 Å². The molecule has 1 aliphatic heterocycles. The zero-order valence-electron chi connectivity index (χ0n) is 10.5. The third-order valence-corrected chi connectivity index (χ3v) is 4.08. The summed E-state index contributed by atoms with van der Waals surface area (Å²) in [5.41, 5.74) is 1.15. The molecule has 0 bridgehead atoms. The van der Waals surface area contributed by atoms with Gasteiger partial charge in [-0.05, 0) is 18.6 Å². The number of cyclic esters (lactones) is 1. The Balaban J connectivity index is 2.06. The molecule has 2 atom stereocenters. The van der Waals surface area contributed by atoms with Crippen molar-refractivity contribution in [3.8, 4) is 0 Å². The van der Waals surface area contributed by atoms with Crippen LogP contribution in [0.5, 0.6) is 0 Å². The van der Waals surface area contributed by atoms with Crippen LogP contribution in [0, 0.1) is 0 Å². The minimum Gasteiger partial charge on any atom is -0.455 e. The summed E-state index contributed by atoms with van der Waals surface area (Å²) in [5, 5.41) is 0.627. The van der Waals surface area contributed by atoms with Crippen LogP contribution in [-0.4, -0.2) is 5.97 Å². The van der Waals surface area contributed by atoms with Crippen molar-refractivity contribution in [2.24, 2.45) is 0 Å². The number of benzene rings is 2. The van der Waals surface area contributed by atoms with Crippen LogP contribution in [0.4, 0.5) is 0 Å². The number of hydrogen-bond acceptors (Lipinski definition) is 2. The van der Waals surface area contributed by atoms with E-state index in [1.807, 2.05) is 61.5 Å². The highest BCUT2D eigenvalue weighted by Gasteiger charge is 2.56. The molecule has 96 valence electrons. The summed E-state index contributed by atoms with van der Waals surface area (Å²) in [6.45, 7) is 1.90. The van der Waals surface area contributed by atoms with Gasteiger partial charge >= 0.3 is 5.97 Å². The number of carbonyl (C=O) groups is 1. The SMILES string of the molecule is C[C@]1(c2ccccc2)C(=O)O[C@@H]1c1ccccc1Cl. The molecule has 1 saturated heterocycles. The maximum absolute atomic E-state index is 12.0. The molecule has 2 nitrogen and oxygen atoms in total. The van der Waals surface area contributed by atoms with Gasteiger partial charge in [0.15, 0.2) is 0 Å². The van der Waals surface area contributed by atoms with Gasteiger partial charge in [-0.3, -0.25) is 4.79 Å². The van der Waals surface area contributed by atoms with E-state index in [4.69, 9.17) is 16.3 Å². The molecular formula is C16H13ClO2. The molecule has 0 radical (unpaired) electrons. The number of esters is 1. The zero-order valence-corrected chi connectivity index (χ0v) is 11.2. The summed E-state index contributed by atoms with van der Waals surface area (Å²) in [6, 6.07) is 17.2. The van der Waals surface area contributed by atoms with Crippen LogP contribution in [-0.2, 0) is 14.9 Å². The highest BCUT2D eigenvalue weighted by atomic mass is 35.5. The molecule has 0 N–H and O–H groups in total. The highest BCUT2D eigenvalue weighted by molar-refractivity contribution is 6.31. The van der Waals surface area contributed by atoms with E-state index >= 15 is 0 Å². The lowest BCUT2D eigenvalue weighted by Crippen LogP contribution is -2.52. The summed E-state index contributed by atoms with van der Waals surface area (Å²) in [5.74, 6) is -0.205. The Morgan fingerprint density at radius 3 is 2.32 bits per heavy atom.